The minimum Gasteiger partial charge on any atom is -0.481 e. The third-order valence-electron chi connectivity index (χ3n) is 5.49. The van der Waals surface area contributed by atoms with Crippen LogP contribution in [0.2, 0.25) is 0 Å². The third-order valence-corrected chi connectivity index (χ3v) is 5.49. The second kappa shape index (κ2) is 8.49. The number of carboxylic acids is 1. The molecule has 0 spiro atoms. The van der Waals surface area contributed by atoms with Crippen molar-refractivity contribution in [2.45, 2.75) is 64.3 Å². The minimum absolute atomic E-state index is 0.0312. The smallest absolute Gasteiger partial charge is 0.308 e. The van der Waals surface area contributed by atoms with Crippen LogP contribution in [0.5, 0.6) is 0 Å². The van der Waals surface area contributed by atoms with Gasteiger partial charge in [-0.25, -0.2) is 0 Å². The molecule has 0 aromatic carbocycles. The topological polar surface area (TPSA) is 86.7 Å². The molecule has 1 atom stereocenters. The Balaban J connectivity index is 1.74. The van der Waals surface area contributed by atoms with Gasteiger partial charge in [-0.3, -0.25) is 14.4 Å². The highest BCUT2D eigenvalue weighted by Gasteiger charge is 2.31. The van der Waals surface area contributed by atoms with Gasteiger partial charge in [0.25, 0.3) is 0 Å². The van der Waals surface area contributed by atoms with Crippen LogP contribution < -0.4 is 5.32 Å². The average molecular weight is 338 g/mol. The van der Waals surface area contributed by atoms with Gasteiger partial charge in [-0.2, -0.15) is 0 Å². The summed E-state index contributed by atoms with van der Waals surface area (Å²) in [6.07, 6.45) is 7.51. The molecule has 2 rings (SSSR count). The standard InChI is InChI=1S/C18H30N2O4/c1-12(18(23)24)11-20(2)17(22)14-7-9-15(10-8-14)19-16(21)13-5-3-4-6-13/h12-15H,3-11H2,1-2H3,(H,19,21)(H,23,24). The van der Waals surface area contributed by atoms with Crippen molar-refractivity contribution in [3.05, 3.63) is 0 Å². The molecule has 136 valence electrons. The number of carbonyl (C=O) groups excluding carboxylic acids is 2. The molecular weight excluding hydrogens is 308 g/mol. The third kappa shape index (κ3) is 4.95. The molecule has 6 nitrogen and oxygen atoms in total. The lowest BCUT2D eigenvalue weighted by atomic mass is 9.84. The van der Waals surface area contributed by atoms with E-state index in [4.69, 9.17) is 5.11 Å². The summed E-state index contributed by atoms with van der Waals surface area (Å²) in [5.74, 6) is -1.07. The molecule has 0 aromatic heterocycles. The molecule has 2 N–H and O–H groups in total. The quantitative estimate of drug-likeness (QED) is 0.776. The summed E-state index contributed by atoms with van der Waals surface area (Å²) >= 11 is 0. The van der Waals surface area contributed by atoms with E-state index in [1.165, 1.54) is 0 Å². The predicted molar refractivity (Wildman–Crippen MR) is 90.3 cm³/mol. The average Bonchev–Trinajstić information content (AvgIpc) is 3.09. The Hall–Kier alpha value is -1.59. The summed E-state index contributed by atoms with van der Waals surface area (Å²) in [6, 6.07) is 0.186. The molecule has 24 heavy (non-hydrogen) atoms. The number of carboxylic acid groups (broad SMARTS) is 1. The van der Waals surface area contributed by atoms with Gasteiger partial charge in [0, 0.05) is 31.5 Å². The first-order chi connectivity index (χ1) is 11.4. The Morgan fingerprint density at radius 3 is 2.17 bits per heavy atom. The van der Waals surface area contributed by atoms with E-state index in [1.807, 2.05) is 0 Å². The molecule has 2 fully saturated rings. The molecule has 2 aliphatic rings. The zero-order valence-corrected chi connectivity index (χ0v) is 14.8. The first-order valence-electron chi connectivity index (χ1n) is 9.16. The number of nitrogens with zero attached hydrogens (tertiary/aromatic N) is 1. The lowest BCUT2D eigenvalue weighted by Crippen LogP contribution is -2.43. The maximum Gasteiger partial charge on any atom is 0.308 e. The van der Waals surface area contributed by atoms with Crippen molar-refractivity contribution in [1.29, 1.82) is 0 Å². The van der Waals surface area contributed by atoms with Gasteiger partial charge in [0.15, 0.2) is 0 Å². The van der Waals surface area contributed by atoms with E-state index in [0.29, 0.717) is 0 Å². The maximum absolute atomic E-state index is 12.4. The SMILES string of the molecule is CC(CN(C)C(=O)C1CCC(NC(=O)C2CCCC2)CC1)C(=O)O. The van der Waals surface area contributed by atoms with Crippen LogP contribution in [-0.2, 0) is 14.4 Å². The fourth-order valence-corrected chi connectivity index (χ4v) is 3.88. The highest BCUT2D eigenvalue weighted by Crippen LogP contribution is 2.28. The lowest BCUT2D eigenvalue weighted by molar-refractivity contribution is -0.143. The summed E-state index contributed by atoms with van der Waals surface area (Å²) in [5.41, 5.74) is 0. The number of rotatable bonds is 6. The normalized spacial score (nSPS) is 25.9. The zero-order valence-electron chi connectivity index (χ0n) is 14.8. The predicted octanol–water partition coefficient (Wildman–Crippen LogP) is 2.03. The zero-order chi connectivity index (χ0) is 17.7. The highest BCUT2D eigenvalue weighted by molar-refractivity contribution is 5.80. The molecule has 0 bridgehead atoms. The Labute approximate surface area is 144 Å². The molecule has 6 heteroatoms. The number of amides is 2. The molecular formula is C18H30N2O4. The summed E-state index contributed by atoms with van der Waals surface area (Å²) in [4.78, 5) is 37.1. The number of aliphatic carboxylic acids is 1. The van der Waals surface area contributed by atoms with Gasteiger partial charge in [0.05, 0.1) is 5.92 Å². The van der Waals surface area contributed by atoms with Crippen molar-refractivity contribution < 1.29 is 19.5 Å². The van der Waals surface area contributed by atoms with Crippen molar-refractivity contribution in [2.75, 3.05) is 13.6 Å². The molecule has 1 unspecified atom stereocenters. The Bertz CT molecular complexity index is 466. The number of hydrogen-bond donors (Lipinski definition) is 2. The maximum atomic E-state index is 12.4. The van der Waals surface area contributed by atoms with Crippen LogP contribution in [0.15, 0.2) is 0 Å². The number of nitrogens with one attached hydrogen (secondary N) is 1. The lowest BCUT2D eigenvalue weighted by Gasteiger charge is -2.32. The fraction of sp³-hybridized carbons (Fsp3) is 0.833. The molecule has 0 aromatic rings. The Morgan fingerprint density at radius 1 is 1.04 bits per heavy atom. The van der Waals surface area contributed by atoms with Crippen LogP contribution in [0.4, 0.5) is 0 Å². The fourth-order valence-electron chi connectivity index (χ4n) is 3.88. The van der Waals surface area contributed by atoms with Crippen LogP contribution in [0, 0.1) is 17.8 Å². The van der Waals surface area contributed by atoms with Crippen molar-refractivity contribution in [1.82, 2.24) is 10.2 Å². The van der Waals surface area contributed by atoms with Crippen molar-refractivity contribution in [3.8, 4) is 0 Å². The van der Waals surface area contributed by atoms with Gasteiger partial charge >= 0.3 is 5.97 Å². The van der Waals surface area contributed by atoms with Crippen molar-refractivity contribution in [2.24, 2.45) is 17.8 Å². The number of hydrogen-bond acceptors (Lipinski definition) is 3. The first kappa shape index (κ1) is 18.7. The molecule has 0 saturated heterocycles. The Kier molecular flexibility index (Phi) is 6.63. The van der Waals surface area contributed by atoms with Gasteiger partial charge in [-0.1, -0.05) is 19.8 Å². The molecule has 0 aliphatic heterocycles. The van der Waals surface area contributed by atoms with Gasteiger partial charge in [0.2, 0.25) is 11.8 Å². The molecule has 2 amide bonds. The van der Waals surface area contributed by atoms with Crippen molar-refractivity contribution >= 4 is 17.8 Å². The van der Waals surface area contributed by atoms with Crippen LogP contribution in [0.1, 0.15) is 58.3 Å². The molecule has 0 radical (unpaired) electrons. The van der Waals surface area contributed by atoms with Crippen LogP contribution in [0.3, 0.4) is 0 Å². The first-order valence-corrected chi connectivity index (χ1v) is 9.16. The van der Waals surface area contributed by atoms with Crippen molar-refractivity contribution in [3.63, 3.8) is 0 Å². The largest absolute Gasteiger partial charge is 0.481 e. The number of carbonyl (C=O) groups is 3. The summed E-state index contributed by atoms with van der Waals surface area (Å²) in [7, 11) is 1.68. The molecule has 2 saturated carbocycles. The van der Waals surface area contributed by atoms with Gasteiger partial charge in [-0.15, -0.1) is 0 Å². The van der Waals surface area contributed by atoms with E-state index < -0.39 is 11.9 Å². The monoisotopic (exact) mass is 338 g/mol. The van der Waals surface area contributed by atoms with E-state index in [0.717, 1.165) is 51.4 Å². The van der Waals surface area contributed by atoms with E-state index in [9.17, 15) is 14.4 Å². The summed E-state index contributed by atoms with van der Waals surface area (Å²) < 4.78 is 0. The van der Waals surface area contributed by atoms with Crippen LogP contribution in [0.25, 0.3) is 0 Å². The molecule has 0 heterocycles. The van der Waals surface area contributed by atoms with E-state index in [2.05, 4.69) is 5.32 Å². The minimum atomic E-state index is -0.881. The van der Waals surface area contributed by atoms with Gasteiger partial charge < -0.3 is 15.3 Å². The summed E-state index contributed by atoms with van der Waals surface area (Å²) in [6.45, 7) is 1.86. The highest BCUT2D eigenvalue weighted by atomic mass is 16.4. The van der Waals surface area contributed by atoms with Gasteiger partial charge in [0.1, 0.15) is 0 Å². The van der Waals surface area contributed by atoms with Gasteiger partial charge in [-0.05, 0) is 38.5 Å². The summed E-state index contributed by atoms with van der Waals surface area (Å²) in [5, 5.41) is 12.1. The van der Waals surface area contributed by atoms with E-state index in [-0.39, 0.29) is 36.2 Å². The van der Waals surface area contributed by atoms with Crippen LogP contribution >= 0.6 is 0 Å². The molecule has 2 aliphatic carbocycles. The van der Waals surface area contributed by atoms with E-state index in [1.54, 1.807) is 18.9 Å². The second-order valence-electron chi connectivity index (χ2n) is 7.50. The Morgan fingerprint density at radius 2 is 1.62 bits per heavy atom. The van der Waals surface area contributed by atoms with E-state index >= 15 is 0 Å². The van der Waals surface area contributed by atoms with Crippen LogP contribution in [-0.4, -0.2) is 47.4 Å². The second-order valence-corrected chi connectivity index (χ2v) is 7.50.